The van der Waals surface area contributed by atoms with E-state index in [-0.39, 0.29) is 0 Å². The number of nitrogens with one attached hydrogen (secondary N) is 3. The third-order valence-electron chi connectivity index (χ3n) is 3.80. The lowest BCUT2D eigenvalue weighted by atomic mass is 10.1. The largest absolute Gasteiger partial charge is 0.370 e. The number of anilines is 1. The fourth-order valence-electron chi connectivity index (χ4n) is 2.56. The summed E-state index contributed by atoms with van der Waals surface area (Å²) in [7, 11) is 0. The Kier molecular flexibility index (Phi) is 3.29. The van der Waals surface area contributed by atoms with Gasteiger partial charge in [-0.3, -0.25) is 0 Å². The predicted octanol–water partition coefficient (Wildman–Crippen LogP) is 0.439. The SMILES string of the molecule is c1cc(NCC[C@@H]2CCNC2)n(C2CNC2)n1. The molecule has 1 aromatic heterocycles. The summed E-state index contributed by atoms with van der Waals surface area (Å²) in [5.41, 5.74) is 0. The van der Waals surface area contributed by atoms with Crippen LogP contribution in [-0.4, -0.2) is 42.5 Å². The van der Waals surface area contributed by atoms with Crippen LogP contribution in [0.2, 0.25) is 0 Å². The van der Waals surface area contributed by atoms with Gasteiger partial charge in [-0.05, 0) is 31.8 Å². The summed E-state index contributed by atoms with van der Waals surface area (Å²) in [6, 6.07) is 2.62. The van der Waals surface area contributed by atoms with Gasteiger partial charge in [0.25, 0.3) is 0 Å². The Bertz CT molecular complexity index is 352. The van der Waals surface area contributed by atoms with Crippen molar-refractivity contribution in [1.29, 1.82) is 0 Å². The Morgan fingerprint density at radius 2 is 2.29 bits per heavy atom. The van der Waals surface area contributed by atoms with Gasteiger partial charge >= 0.3 is 0 Å². The molecule has 1 atom stereocenters. The van der Waals surface area contributed by atoms with Gasteiger partial charge in [0.05, 0.1) is 12.2 Å². The first-order valence-electron chi connectivity index (χ1n) is 6.62. The van der Waals surface area contributed by atoms with Crippen LogP contribution in [0.4, 0.5) is 5.82 Å². The average molecular weight is 235 g/mol. The van der Waals surface area contributed by atoms with Gasteiger partial charge in [0, 0.05) is 25.7 Å². The highest BCUT2D eigenvalue weighted by molar-refractivity contribution is 5.34. The molecule has 94 valence electrons. The number of hydrogen-bond acceptors (Lipinski definition) is 4. The second-order valence-corrected chi connectivity index (χ2v) is 5.05. The minimum absolute atomic E-state index is 0.542. The second-order valence-electron chi connectivity index (χ2n) is 5.05. The molecule has 0 unspecified atom stereocenters. The van der Waals surface area contributed by atoms with Gasteiger partial charge in [0.1, 0.15) is 5.82 Å². The van der Waals surface area contributed by atoms with E-state index in [0.29, 0.717) is 6.04 Å². The smallest absolute Gasteiger partial charge is 0.124 e. The molecule has 0 spiro atoms. The molecule has 17 heavy (non-hydrogen) atoms. The van der Waals surface area contributed by atoms with E-state index in [4.69, 9.17) is 0 Å². The van der Waals surface area contributed by atoms with Crippen molar-refractivity contribution in [3.8, 4) is 0 Å². The molecule has 0 amide bonds. The summed E-state index contributed by atoms with van der Waals surface area (Å²) in [6.45, 7) is 5.52. The summed E-state index contributed by atoms with van der Waals surface area (Å²) in [6.07, 6.45) is 4.46. The zero-order valence-corrected chi connectivity index (χ0v) is 10.2. The lowest BCUT2D eigenvalue weighted by Gasteiger charge is -2.29. The molecule has 0 radical (unpaired) electrons. The zero-order valence-electron chi connectivity index (χ0n) is 10.2. The van der Waals surface area contributed by atoms with Crippen LogP contribution in [0.1, 0.15) is 18.9 Å². The quantitative estimate of drug-likeness (QED) is 0.693. The van der Waals surface area contributed by atoms with Crippen molar-refractivity contribution >= 4 is 5.82 Å². The Labute approximate surface area is 102 Å². The number of aromatic nitrogens is 2. The van der Waals surface area contributed by atoms with E-state index >= 15 is 0 Å². The molecule has 2 saturated heterocycles. The summed E-state index contributed by atoms with van der Waals surface area (Å²) >= 11 is 0. The lowest BCUT2D eigenvalue weighted by molar-refractivity contribution is 0.321. The predicted molar refractivity (Wildman–Crippen MR) is 68.2 cm³/mol. The Morgan fingerprint density at radius 1 is 1.35 bits per heavy atom. The van der Waals surface area contributed by atoms with Gasteiger partial charge in [-0.25, -0.2) is 4.68 Å². The maximum absolute atomic E-state index is 4.39. The molecular weight excluding hydrogens is 214 g/mol. The third-order valence-corrected chi connectivity index (χ3v) is 3.80. The van der Waals surface area contributed by atoms with E-state index in [2.05, 4.69) is 31.8 Å². The first kappa shape index (κ1) is 11.0. The standard InChI is InChI=1S/C12H21N5/c1-4-13-7-10(1)2-5-15-12-3-6-16-17(12)11-8-14-9-11/h3,6,10-11,13-15H,1-2,4-5,7-9H2/t10-/m0/s1. The molecule has 3 heterocycles. The molecule has 0 aromatic carbocycles. The van der Waals surface area contributed by atoms with Crippen LogP contribution in [0.15, 0.2) is 12.3 Å². The molecule has 5 heteroatoms. The van der Waals surface area contributed by atoms with Gasteiger partial charge in [0.15, 0.2) is 0 Å². The Hall–Kier alpha value is -1.07. The van der Waals surface area contributed by atoms with E-state index < -0.39 is 0 Å². The highest BCUT2D eigenvalue weighted by atomic mass is 15.4. The molecular formula is C12H21N5. The van der Waals surface area contributed by atoms with Crippen molar-refractivity contribution in [2.24, 2.45) is 5.92 Å². The zero-order chi connectivity index (χ0) is 11.5. The highest BCUT2D eigenvalue weighted by Crippen LogP contribution is 2.18. The Balaban J connectivity index is 1.48. The van der Waals surface area contributed by atoms with Crippen LogP contribution in [0, 0.1) is 5.92 Å². The minimum atomic E-state index is 0.542. The van der Waals surface area contributed by atoms with Crippen molar-refractivity contribution in [2.75, 3.05) is 38.0 Å². The number of nitrogens with zero attached hydrogens (tertiary/aromatic N) is 2. The molecule has 1 aromatic rings. The normalized spacial score (nSPS) is 24.8. The Morgan fingerprint density at radius 3 is 3.00 bits per heavy atom. The fraction of sp³-hybridized carbons (Fsp3) is 0.750. The maximum Gasteiger partial charge on any atom is 0.124 e. The van der Waals surface area contributed by atoms with E-state index in [1.165, 1.54) is 31.7 Å². The van der Waals surface area contributed by atoms with Crippen LogP contribution < -0.4 is 16.0 Å². The van der Waals surface area contributed by atoms with E-state index in [1.807, 2.05) is 6.20 Å². The van der Waals surface area contributed by atoms with Crippen molar-refractivity contribution in [3.63, 3.8) is 0 Å². The molecule has 3 N–H and O–H groups in total. The van der Waals surface area contributed by atoms with E-state index in [0.717, 1.165) is 25.6 Å². The monoisotopic (exact) mass is 235 g/mol. The average Bonchev–Trinajstić information content (AvgIpc) is 2.88. The molecule has 2 aliphatic heterocycles. The number of hydrogen-bond donors (Lipinski definition) is 3. The molecule has 2 fully saturated rings. The molecule has 0 aliphatic carbocycles. The number of rotatable bonds is 5. The summed E-state index contributed by atoms with van der Waals surface area (Å²) in [5.74, 6) is 2.02. The van der Waals surface area contributed by atoms with Crippen molar-refractivity contribution < 1.29 is 0 Å². The van der Waals surface area contributed by atoms with E-state index in [9.17, 15) is 0 Å². The summed E-state index contributed by atoms with van der Waals surface area (Å²) < 4.78 is 2.11. The van der Waals surface area contributed by atoms with Crippen molar-refractivity contribution in [3.05, 3.63) is 12.3 Å². The summed E-state index contributed by atoms with van der Waals surface area (Å²) in [5, 5.41) is 14.6. The highest BCUT2D eigenvalue weighted by Gasteiger charge is 2.21. The van der Waals surface area contributed by atoms with Crippen LogP contribution in [0.5, 0.6) is 0 Å². The molecule has 0 bridgehead atoms. The lowest BCUT2D eigenvalue weighted by Crippen LogP contribution is -2.44. The van der Waals surface area contributed by atoms with Gasteiger partial charge in [-0.2, -0.15) is 5.10 Å². The molecule has 3 rings (SSSR count). The van der Waals surface area contributed by atoms with Crippen molar-refractivity contribution in [2.45, 2.75) is 18.9 Å². The molecule has 5 nitrogen and oxygen atoms in total. The molecule has 2 aliphatic rings. The van der Waals surface area contributed by atoms with E-state index in [1.54, 1.807) is 0 Å². The minimum Gasteiger partial charge on any atom is -0.370 e. The van der Waals surface area contributed by atoms with Crippen LogP contribution >= 0.6 is 0 Å². The van der Waals surface area contributed by atoms with Crippen LogP contribution in [0.3, 0.4) is 0 Å². The third kappa shape index (κ3) is 2.45. The fourth-order valence-corrected chi connectivity index (χ4v) is 2.56. The topological polar surface area (TPSA) is 53.9 Å². The summed E-state index contributed by atoms with van der Waals surface area (Å²) in [4.78, 5) is 0. The first-order chi connectivity index (χ1) is 8.43. The van der Waals surface area contributed by atoms with Gasteiger partial charge in [0.2, 0.25) is 0 Å². The van der Waals surface area contributed by atoms with Gasteiger partial charge < -0.3 is 16.0 Å². The van der Waals surface area contributed by atoms with Crippen LogP contribution in [0.25, 0.3) is 0 Å². The van der Waals surface area contributed by atoms with Gasteiger partial charge in [-0.15, -0.1) is 0 Å². The maximum atomic E-state index is 4.39. The second kappa shape index (κ2) is 5.06. The first-order valence-corrected chi connectivity index (χ1v) is 6.62. The van der Waals surface area contributed by atoms with Gasteiger partial charge in [-0.1, -0.05) is 0 Å². The molecule has 0 saturated carbocycles. The van der Waals surface area contributed by atoms with Crippen LogP contribution in [-0.2, 0) is 0 Å². The van der Waals surface area contributed by atoms with Crippen molar-refractivity contribution in [1.82, 2.24) is 20.4 Å².